The Kier molecular flexibility index (Phi) is 7.43. The maximum atomic E-state index is 12.6. The molecule has 0 saturated carbocycles. The van der Waals surface area contributed by atoms with E-state index in [0.717, 1.165) is 43.7 Å². The minimum atomic E-state index is -0.233. The molecular formula is C18H25Cl2N5O. The van der Waals surface area contributed by atoms with Crippen LogP contribution in [-0.4, -0.2) is 39.3 Å². The Hall–Kier alpha value is -1.63. The number of carbonyl (C=O) groups excluding carboxylic acids is 1. The van der Waals surface area contributed by atoms with E-state index in [1.54, 1.807) is 4.68 Å². The molecule has 1 saturated heterocycles. The van der Waals surface area contributed by atoms with Crippen LogP contribution < -0.4 is 10.6 Å². The van der Waals surface area contributed by atoms with Crippen molar-refractivity contribution in [3.63, 3.8) is 0 Å². The highest BCUT2D eigenvalue weighted by Crippen LogP contribution is 2.21. The van der Waals surface area contributed by atoms with Crippen molar-refractivity contribution in [2.24, 2.45) is 0 Å². The highest BCUT2D eigenvalue weighted by Gasteiger charge is 2.25. The molecule has 0 radical (unpaired) electrons. The lowest BCUT2D eigenvalue weighted by atomic mass is 10.00. The standard InChI is InChI=1S/C18H24ClN5O.ClH/c1-3-7-16-22-17(18(25)21-14-9-6-11-20-12(14)2)23-24(16)15-10-5-4-8-13(15)19;/h4-5,8,10,12,14,20H,3,6-7,9,11H2,1-2H3,(H,21,25);1H. The van der Waals surface area contributed by atoms with Crippen molar-refractivity contribution >= 4 is 29.9 Å². The Morgan fingerprint density at radius 1 is 1.42 bits per heavy atom. The minimum absolute atomic E-state index is 0. The zero-order chi connectivity index (χ0) is 17.8. The summed E-state index contributed by atoms with van der Waals surface area (Å²) in [4.78, 5) is 17.1. The first-order valence-corrected chi connectivity index (χ1v) is 9.23. The van der Waals surface area contributed by atoms with Gasteiger partial charge >= 0.3 is 0 Å². The van der Waals surface area contributed by atoms with E-state index < -0.39 is 0 Å². The summed E-state index contributed by atoms with van der Waals surface area (Å²) in [6.07, 6.45) is 3.66. The van der Waals surface area contributed by atoms with Gasteiger partial charge in [0.05, 0.1) is 10.7 Å². The number of carbonyl (C=O) groups is 1. The van der Waals surface area contributed by atoms with Gasteiger partial charge in [0, 0.05) is 18.5 Å². The van der Waals surface area contributed by atoms with Gasteiger partial charge in [0.1, 0.15) is 5.82 Å². The molecule has 0 aliphatic carbocycles. The summed E-state index contributed by atoms with van der Waals surface area (Å²) in [5.74, 6) is 0.709. The molecule has 8 heteroatoms. The molecule has 3 rings (SSSR count). The Morgan fingerprint density at radius 2 is 2.19 bits per heavy atom. The first-order valence-electron chi connectivity index (χ1n) is 8.85. The molecule has 0 spiro atoms. The van der Waals surface area contributed by atoms with Gasteiger partial charge in [-0.3, -0.25) is 4.79 Å². The van der Waals surface area contributed by atoms with Crippen LogP contribution >= 0.6 is 24.0 Å². The maximum absolute atomic E-state index is 12.6. The number of nitrogens with zero attached hydrogens (tertiary/aromatic N) is 3. The summed E-state index contributed by atoms with van der Waals surface area (Å²) < 4.78 is 1.68. The quantitative estimate of drug-likeness (QED) is 0.812. The zero-order valence-corrected chi connectivity index (χ0v) is 16.6. The van der Waals surface area contributed by atoms with Crippen LogP contribution in [0.2, 0.25) is 5.02 Å². The first kappa shape index (κ1) is 20.7. The molecule has 142 valence electrons. The predicted molar refractivity (Wildman–Crippen MR) is 106 cm³/mol. The fraction of sp³-hybridized carbons (Fsp3) is 0.500. The number of aryl methyl sites for hydroxylation is 1. The fourth-order valence-corrected chi connectivity index (χ4v) is 3.33. The zero-order valence-electron chi connectivity index (χ0n) is 15.0. The van der Waals surface area contributed by atoms with E-state index >= 15 is 0 Å². The van der Waals surface area contributed by atoms with Crippen LogP contribution in [0.1, 0.15) is 49.6 Å². The van der Waals surface area contributed by atoms with Crippen molar-refractivity contribution in [3.8, 4) is 5.69 Å². The number of aromatic nitrogens is 3. The molecule has 2 heterocycles. The van der Waals surface area contributed by atoms with E-state index in [0.29, 0.717) is 5.02 Å². The average molecular weight is 398 g/mol. The van der Waals surface area contributed by atoms with Gasteiger partial charge in [0.15, 0.2) is 0 Å². The Labute approximate surface area is 165 Å². The molecule has 1 amide bonds. The highest BCUT2D eigenvalue weighted by atomic mass is 35.5. The number of rotatable bonds is 5. The van der Waals surface area contributed by atoms with Crippen molar-refractivity contribution in [2.45, 2.75) is 51.6 Å². The third-order valence-electron chi connectivity index (χ3n) is 4.51. The topological polar surface area (TPSA) is 71.8 Å². The van der Waals surface area contributed by atoms with Crippen molar-refractivity contribution < 1.29 is 4.79 Å². The van der Waals surface area contributed by atoms with Crippen LogP contribution in [0.5, 0.6) is 0 Å². The smallest absolute Gasteiger partial charge is 0.291 e. The first-order chi connectivity index (χ1) is 12.1. The number of halogens is 2. The second-order valence-corrected chi connectivity index (χ2v) is 6.84. The summed E-state index contributed by atoms with van der Waals surface area (Å²) in [6, 6.07) is 7.80. The van der Waals surface area contributed by atoms with Gasteiger partial charge in [-0.1, -0.05) is 30.7 Å². The van der Waals surface area contributed by atoms with Crippen molar-refractivity contribution in [1.29, 1.82) is 0 Å². The molecule has 0 bridgehead atoms. The monoisotopic (exact) mass is 397 g/mol. The summed E-state index contributed by atoms with van der Waals surface area (Å²) in [7, 11) is 0. The molecule has 2 unspecified atom stereocenters. The SMILES string of the molecule is CCCc1nc(C(=O)NC2CCCNC2C)nn1-c1ccccc1Cl.Cl. The molecule has 2 atom stereocenters. The highest BCUT2D eigenvalue weighted by molar-refractivity contribution is 6.32. The Balaban J connectivity index is 0.00000243. The van der Waals surface area contributed by atoms with Gasteiger partial charge in [0.25, 0.3) is 5.91 Å². The summed E-state index contributed by atoms with van der Waals surface area (Å²) >= 11 is 6.30. The van der Waals surface area contributed by atoms with Crippen LogP contribution in [-0.2, 0) is 6.42 Å². The largest absolute Gasteiger partial charge is 0.345 e. The molecular weight excluding hydrogens is 373 g/mol. The van der Waals surface area contributed by atoms with E-state index in [1.807, 2.05) is 24.3 Å². The molecule has 1 aliphatic rings. The van der Waals surface area contributed by atoms with Crippen LogP contribution in [0.15, 0.2) is 24.3 Å². The summed E-state index contributed by atoms with van der Waals surface area (Å²) in [6.45, 7) is 5.15. The van der Waals surface area contributed by atoms with Crippen molar-refractivity contribution in [3.05, 3.63) is 40.9 Å². The van der Waals surface area contributed by atoms with Crippen molar-refractivity contribution in [1.82, 2.24) is 25.4 Å². The van der Waals surface area contributed by atoms with E-state index in [2.05, 4.69) is 34.6 Å². The van der Waals surface area contributed by atoms with Crippen LogP contribution in [0, 0.1) is 0 Å². The van der Waals surface area contributed by atoms with E-state index in [-0.39, 0.29) is 36.2 Å². The van der Waals surface area contributed by atoms with Gasteiger partial charge in [0.2, 0.25) is 5.82 Å². The van der Waals surface area contributed by atoms with Crippen LogP contribution in [0.4, 0.5) is 0 Å². The van der Waals surface area contributed by atoms with Crippen LogP contribution in [0.3, 0.4) is 0 Å². The molecule has 1 fully saturated rings. The van der Waals surface area contributed by atoms with E-state index in [9.17, 15) is 4.79 Å². The number of nitrogens with one attached hydrogen (secondary N) is 2. The Morgan fingerprint density at radius 3 is 2.88 bits per heavy atom. The molecule has 1 aromatic heterocycles. The maximum Gasteiger partial charge on any atom is 0.291 e. The molecule has 2 aromatic rings. The third-order valence-corrected chi connectivity index (χ3v) is 4.83. The Bertz CT molecular complexity index is 749. The number of amides is 1. The molecule has 6 nitrogen and oxygen atoms in total. The fourth-order valence-electron chi connectivity index (χ4n) is 3.12. The van der Waals surface area contributed by atoms with Gasteiger partial charge in [-0.25, -0.2) is 9.67 Å². The summed E-state index contributed by atoms with van der Waals surface area (Å²) in [5, 5.41) is 11.5. The molecule has 2 N–H and O–H groups in total. The number of para-hydroxylation sites is 1. The van der Waals surface area contributed by atoms with Gasteiger partial charge in [-0.05, 0) is 44.9 Å². The number of benzene rings is 1. The third kappa shape index (κ3) is 4.55. The lowest BCUT2D eigenvalue weighted by Crippen LogP contribution is -2.52. The number of hydrogen-bond donors (Lipinski definition) is 2. The average Bonchev–Trinajstić information content (AvgIpc) is 3.02. The molecule has 1 aromatic carbocycles. The van der Waals surface area contributed by atoms with Gasteiger partial charge < -0.3 is 10.6 Å². The minimum Gasteiger partial charge on any atom is -0.345 e. The lowest BCUT2D eigenvalue weighted by molar-refractivity contribution is 0.0909. The summed E-state index contributed by atoms with van der Waals surface area (Å²) in [5.41, 5.74) is 0.742. The van der Waals surface area contributed by atoms with E-state index in [1.165, 1.54) is 0 Å². The van der Waals surface area contributed by atoms with Gasteiger partial charge in [-0.2, -0.15) is 0 Å². The second kappa shape index (κ2) is 9.35. The van der Waals surface area contributed by atoms with Crippen LogP contribution in [0.25, 0.3) is 5.69 Å². The second-order valence-electron chi connectivity index (χ2n) is 6.43. The van der Waals surface area contributed by atoms with E-state index in [4.69, 9.17) is 11.6 Å². The number of hydrogen-bond acceptors (Lipinski definition) is 4. The normalized spacial score (nSPS) is 19.7. The number of piperidine rings is 1. The van der Waals surface area contributed by atoms with Crippen molar-refractivity contribution in [2.75, 3.05) is 6.54 Å². The molecule has 26 heavy (non-hydrogen) atoms. The predicted octanol–water partition coefficient (Wildman–Crippen LogP) is 3.17. The lowest BCUT2D eigenvalue weighted by Gasteiger charge is -2.30. The van der Waals surface area contributed by atoms with Gasteiger partial charge in [-0.15, -0.1) is 17.5 Å². The molecule has 1 aliphatic heterocycles.